The largest absolute Gasteiger partial charge is 0.854 e. The molecule has 4 rings (SSSR count). The van der Waals surface area contributed by atoms with Crippen molar-refractivity contribution in [2.45, 2.75) is 31.6 Å². The highest BCUT2D eigenvalue weighted by Gasteiger charge is 2.45. The van der Waals surface area contributed by atoms with Gasteiger partial charge in [0.1, 0.15) is 5.75 Å². The van der Waals surface area contributed by atoms with Crippen LogP contribution in [0, 0.1) is 0 Å². The zero-order valence-electron chi connectivity index (χ0n) is 19.1. The molecule has 9 nitrogen and oxygen atoms in total. The molecule has 10 heteroatoms. The van der Waals surface area contributed by atoms with Crippen LogP contribution in [-0.2, 0) is 14.3 Å². The van der Waals surface area contributed by atoms with Crippen LogP contribution in [0.1, 0.15) is 32.0 Å². The van der Waals surface area contributed by atoms with Gasteiger partial charge in [-0.2, -0.15) is 0 Å². The average Bonchev–Trinajstić information content (AvgIpc) is 2.86. The number of ether oxygens (including phenoxy) is 2. The van der Waals surface area contributed by atoms with Crippen LogP contribution < -0.4 is 19.4 Å². The summed E-state index contributed by atoms with van der Waals surface area (Å²) in [7, 11) is 0. The van der Waals surface area contributed by atoms with Crippen molar-refractivity contribution in [2.75, 3.05) is 24.4 Å². The molecule has 2 aromatic carbocycles. The number of rotatable bonds is 7. The molecule has 0 radical (unpaired) electrons. The summed E-state index contributed by atoms with van der Waals surface area (Å²) in [6.45, 7) is 3.44. The second kappa shape index (κ2) is 10.1. The van der Waals surface area contributed by atoms with Crippen molar-refractivity contribution < 1.29 is 28.9 Å². The van der Waals surface area contributed by atoms with E-state index >= 15 is 0 Å². The summed E-state index contributed by atoms with van der Waals surface area (Å²) in [5.41, 5.74) is 2.00. The summed E-state index contributed by atoms with van der Waals surface area (Å²) < 4.78 is 12.3. The minimum absolute atomic E-state index is 0.160. The van der Waals surface area contributed by atoms with Crippen molar-refractivity contribution in [3.8, 4) is 22.9 Å². The predicted molar refractivity (Wildman–Crippen MR) is 123 cm³/mol. The van der Waals surface area contributed by atoms with E-state index in [4.69, 9.17) is 9.47 Å². The van der Waals surface area contributed by atoms with Crippen molar-refractivity contribution in [2.24, 2.45) is 0 Å². The normalized spacial score (nSPS) is 14.2. The molecular weight excluding hydrogens is 456 g/mol. The number of carbonyl (C=O) groups is 2. The minimum atomic E-state index is -0.822. The first-order chi connectivity index (χ1) is 16.5. The number of aromatic nitrogens is 3. The van der Waals surface area contributed by atoms with Crippen molar-refractivity contribution >= 4 is 29.3 Å². The Morgan fingerprint density at radius 2 is 1.88 bits per heavy atom. The number of benzene rings is 2. The maximum Gasteiger partial charge on any atom is 0.344 e. The predicted octanol–water partition coefficient (Wildman–Crippen LogP) is 2.47. The van der Waals surface area contributed by atoms with Gasteiger partial charge in [0.25, 0.3) is 17.0 Å². The molecule has 0 saturated heterocycles. The third kappa shape index (κ3) is 4.28. The molecule has 1 amide bonds. The molecule has 1 atom stereocenters. The van der Waals surface area contributed by atoms with Crippen molar-refractivity contribution in [1.82, 2.24) is 10.1 Å². The maximum atomic E-state index is 13.3. The molecule has 0 aliphatic carbocycles. The number of para-hydroxylation sites is 2. The van der Waals surface area contributed by atoms with Gasteiger partial charge in [-0.3, -0.25) is 4.79 Å². The van der Waals surface area contributed by atoms with Gasteiger partial charge in [-0.15, -0.1) is 0 Å². The summed E-state index contributed by atoms with van der Waals surface area (Å²) in [4.78, 5) is 30.9. The van der Waals surface area contributed by atoms with Crippen LogP contribution in [0.3, 0.4) is 0 Å². The summed E-state index contributed by atoms with van der Waals surface area (Å²) >= 11 is 1.23. The average molecular weight is 481 g/mol. The highest BCUT2D eigenvalue weighted by Crippen LogP contribution is 2.42. The third-order valence-electron chi connectivity index (χ3n) is 5.32. The lowest BCUT2D eigenvalue weighted by Crippen LogP contribution is -2.59. The second-order valence-electron chi connectivity index (χ2n) is 7.34. The number of hydrogen-bond donors (Lipinski definition) is 0. The molecule has 1 aliphatic rings. The molecule has 1 aromatic heterocycles. The Labute approximate surface area is 201 Å². The molecule has 1 unspecified atom stereocenters. The van der Waals surface area contributed by atoms with E-state index < -0.39 is 18.0 Å². The summed E-state index contributed by atoms with van der Waals surface area (Å²) in [6, 6.07) is 14.3. The van der Waals surface area contributed by atoms with E-state index in [1.807, 2.05) is 6.07 Å². The monoisotopic (exact) mass is 480 g/mol. The van der Waals surface area contributed by atoms with E-state index in [1.165, 1.54) is 16.4 Å². The minimum Gasteiger partial charge on any atom is -0.854 e. The first kappa shape index (κ1) is 23.5. The van der Waals surface area contributed by atoms with Gasteiger partial charge in [0.05, 0.1) is 29.3 Å². The lowest BCUT2D eigenvalue weighted by Gasteiger charge is -2.33. The Hall–Kier alpha value is -3.66. The van der Waals surface area contributed by atoms with Crippen LogP contribution in [0.25, 0.3) is 11.3 Å². The Morgan fingerprint density at radius 3 is 2.62 bits per heavy atom. The van der Waals surface area contributed by atoms with E-state index in [1.54, 1.807) is 67.5 Å². The molecule has 0 saturated carbocycles. The maximum absolute atomic E-state index is 13.3. The quantitative estimate of drug-likeness (QED) is 0.288. The molecule has 0 N–H and O–H groups in total. The van der Waals surface area contributed by atoms with Gasteiger partial charge in [-0.1, -0.05) is 47.6 Å². The van der Waals surface area contributed by atoms with E-state index in [-0.39, 0.29) is 36.4 Å². The standard InChI is InChI=1S/C24H24N4O5S/c1-4-19(29)27-17-12-8-6-10-15(17)21-22(31)25-24(34-3)26-28(21)23(27)16-11-7-9-13-18(16)33-14-20(30)32-5-2/h6-13,23H,4-5,14H2,1-3H3. The van der Waals surface area contributed by atoms with Gasteiger partial charge in [0.2, 0.25) is 5.91 Å². The van der Waals surface area contributed by atoms with Gasteiger partial charge in [-0.25, -0.2) is 14.7 Å². The fraction of sp³-hybridized carbons (Fsp3) is 0.292. The number of hydrogen-bond acceptors (Lipinski definition) is 8. The molecule has 0 spiro atoms. The lowest BCUT2D eigenvalue weighted by atomic mass is 10.0. The summed E-state index contributed by atoms with van der Waals surface area (Å²) in [6.07, 6.45) is 1.19. The van der Waals surface area contributed by atoms with Crippen LogP contribution in [0.5, 0.6) is 11.6 Å². The number of thioether (sulfide) groups is 1. The van der Waals surface area contributed by atoms with Gasteiger partial charge < -0.3 is 14.6 Å². The van der Waals surface area contributed by atoms with Crippen molar-refractivity contribution in [3.05, 3.63) is 54.1 Å². The number of esters is 1. The van der Waals surface area contributed by atoms with E-state index in [9.17, 15) is 14.7 Å². The van der Waals surface area contributed by atoms with Crippen LogP contribution in [0.2, 0.25) is 0 Å². The smallest absolute Gasteiger partial charge is 0.344 e. The van der Waals surface area contributed by atoms with Crippen LogP contribution >= 0.6 is 11.8 Å². The molecule has 0 fully saturated rings. The number of anilines is 1. The summed E-state index contributed by atoms with van der Waals surface area (Å²) in [5.74, 6) is -0.725. The van der Waals surface area contributed by atoms with Crippen LogP contribution in [-0.4, -0.2) is 41.4 Å². The third-order valence-corrected chi connectivity index (χ3v) is 5.86. The molecule has 0 bridgehead atoms. The SMILES string of the molecule is CCOC(=O)COc1ccccc1C1N(C(=O)CC)c2ccccc2-c2c([O-])nc(SC)n[n+]21. The Morgan fingerprint density at radius 1 is 1.15 bits per heavy atom. The van der Waals surface area contributed by atoms with Crippen LogP contribution in [0.15, 0.2) is 53.7 Å². The number of carbonyl (C=O) groups excluding carboxylic acids is 2. The number of nitrogens with zero attached hydrogens (tertiary/aromatic N) is 4. The molecule has 2 heterocycles. The van der Waals surface area contributed by atoms with E-state index in [0.29, 0.717) is 22.6 Å². The first-order valence-corrected chi connectivity index (χ1v) is 12.1. The van der Waals surface area contributed by atoms with Gasteiger partial charge in [-0.05, 0) is 37.4 Å². The molecule has 34 heavy (non-hydrogen) atoms. The highest BCUT2D eigenvalue weighted by atomic mass is 32.2. The molecule has 3 aromatic rings. The molecule has 176 valence electrons. The lowest BCUT2D eigenvalue weighted by molar-refractivity contribution is -0.764. The van der Waals surface area contributed by atoms with Crippen LogP contribution in [0.4, 0.5) is 5.69 Å². The zero-order chi connectivity index (χ0) is 24.2. The fourth-order valence-corrected chi connectivity index (χ4v) is 4.25. The zero-order valence-corrected chi connectivity index (χ0v) is 19.9. The topological polar surface area (TPSA) is 109 Å². The second-order valence-corrected chi connectivity index (χ2v) is 8.11. The van der Waals surface area contributed by atoms with Gasteiger partial charge >= 0.3 is 5.97 Å². The molecule has 1 aliphatic heterocycles. The van der Waals surface area contributed by atoms with Crippen molar-refractivity contribution in [1.29, 1.82) is 0 Å². The fourth-order valence-electron chi connectivity index (χ4n) is 3.91. The Bertz CT molecular complexity index is 1240. The summed E-state index contributed by atoms with van der Waals surface area (Å²) in [5, 5.41) is 18.0. The highest BCUT2D eigenvalue weighted by molar-refractivity contribution is 7.98. The van der Waals surface area contributed by atoms with Gasteiger partial charge in [0, 0.05) is 11.5 Å². The Kier molecular flexibility index (Phi) is 6.97. The number of fused-ring (bicyclic) bond motifs is 3. The first-order valence-electron chi connectivity index (χ1n) is 10.8. The molecular formula is C24H24N4O5S. The Balaban J connectivity index is 1.94. The van der Waals surface area contributed by atoms with Gasteiger partial charge in [0.15, 0.2) is 6.61 Å². The number of amides is 1. The van der Waals surface area contributed by atoms with E-state index in [0.717, 1.165) is 0 Å². The van der Waals surface area contributed by atoms with Crippen molar-refractivity contribution in [3.63, 3.8) is 0 Å². The van der Waals surface area contributed by atoms with E-state index in [2.05, 4.69) is 10.1 Å².